The highest BCUT2D eigenvalue weighted by molar-refractivity contribution is 7.89. The second-order valence-corrected chi connectivity index (χ2v) is 8.87. The Morgan fingerprint density at radius 2 is 1.93 bits per heavy atom. The maximum Gasteiger partial charge on any atom is 0.244 e. The standard InChI is InChI=1S/C21H25FN2O3S/c1-13(2)15-5-8-20(27-4)21(11-15)28(25,26)23-10-9-17-14(3)24-19-7-6-16(22)12-18(17)19/h5-8,11-13,23-24H,9-10H2,1-4H3. The van der Waals surface area contributed by atoms with E-state index in [4.69, 9.17) is 4.74 Å². The molecule has 0 aliphatic heterocycles. The van der Waals surface area contributed by atoms with Crippen LogP contribution >= 0.6 is 0 Å². The van der Waals surface area contributed by atoms with Crippen LogP contribution in [0.3, 0.4) is 0 Å². The third kappa shape index (κ3) is 4.05. The summed E-state index contributed by atoms with van der Waals surface area (Å²) in [6.07, 6.45) is 0.445. The Labute approximate surface area is 165 Å². The average Bonchev–Trinajstić information content (AvgIpc) is 2.96. The summed E-state index contributed by atoms with van der Waals surface area (Å²) in [5.74, 6) is 0.189. The Morgan fingerprint density at radius 3 is 2.61 bits per heavy atom. The van der Waals surface area contributed by atoms with Crippen LogP contribution in [0.15, 0.2) is 41.3 Å². The number of sulfonamides is 1. The number of rotatable bonds is 7. The molecule has 0 aliphatic rings. The molecular weight excluding hydrogens is 379 g/mol. The highest BCUT2D eigenvalue weighted by Crippen LogP contribution is 2.28. The first kappa shape index (κ1) is 20.4. The van der Waals surface area contributed by atoms with E-state index in [0.29, 0.717) is 12.2 Å². The molecule has 28 heavy (non-hydrogen) atoms. The van der Waals surface area contributed by atoms with Crippen LogP contribution in [0, 0.1) is 12.7 Å². The van der Waals surface area contributed by atoms with Gasteiger partial charge in [-0.2, -0.15) is 0 Å². The summed E-state index contributed by atoms with van der Waals surface area (Å²) in [5.41, 5.74) is 3.56. The van der Waals surface area contributed by atoms with Crippen LogP contribution in [0.5, 0.6) is 5.75 Å². The molecule has 0 atom stereocenters. The summed E-state index contributed by atoms with van der Waals surface area (Å²) in [4.78, 5) is 3.34. The van der Waals surface area contributed by atoms with E-state index in [-0.39, 0.29) is 23.2 Å². The number of benzene rings is 2. The molecule has 0 fully saturated rings. The lowest BCUT2D eigenvalue weighted by molar-refractivity contribution is 0.402. The van der Waals surface area contributed by atoms with Gasteiger partial charge in [-0.1, -0.05) is 19.9 Å². The molecule has 1 aromatic heterocycles. The predicted molar refractivity (Wildman–Crippen MR) is 109 cm³/mol. The lowest BCUT2D eigenvalue weighted by atomic mass is 10.0. The molecule has 2 aromatic carbocycles. The Kier molecular flexibility index (Phi) is 5.76. The van der Waals surface area contributed by atoms with Crippen LogP contribution in [0.25, 0.3) is 10.9 Å². The summed E-state index contributed by atoms with van der Waals surface area (Å²) < 4.78 is 47.2. The molecule has 0 amide bonds. The molecule has 3 aromatic rings. The van der Waals surface area contributed by atoms with Crippen molar-refractivity contribution in [3.8, 4) is 5.75 Å². The molecule has 1 heterocycles. The van der Waals surface area contributed by atoms with Gasteiger partial charge in [0.1, 0.15) is 16.5 Å². The van der Waals surface area contributed by atoms with Gasteiger partial charge in [-0.05, 0) is 60.7 Å². The maximum atomic E-state index is 13.6. The number of methoxy groups -OCH3 is 1. The molecule has 0 saturated heterocycles. The third-order valence-corrected chi connectivity index (χ3v) is 6.37. The van der Waals surface area contributed by atoms with Crippen molar-refractivity contribution >= 4 is 20.9 Å². The predicted octanol–water partition coefficient (Wildman–Crippen LogP) is 4.27. The lowest BCUT2D eigenvalue weighted by Crippen LogP contribution is -2.26. The normalized spacial score (nSPS) is 12.1. The van der Waals surface area contributed by atoms with Crippen molar-refractivity contribution < 1.29 is 17.5 Å². The van der Waals surface area contributed by atoms with Gasteiger partial charge in [-0.15, -0.1) is 0 Å². The van der Waals surface area contributed by atoms with Crippen LogP contribution in [0.2, 0.25) is 0 Å². The van der Waals surface area contributed by atoms with E-state index in [1.54, 1.807) is 18.2 Å². The summed E-state index contributed by atoms with van der Waals surface area (Å²) >= 11 is 0. The van der Waals surface area contributed by atoms with Crippen LogP contribution in [-0.4, -0.2) is 27.1 Å². The second kappa shape index (κ2) is 7.93. The molecular formula is C21H25FN2O3S. The minimum Gasteiger partial charge on any atom is -0.495 e. The number of nitrogens with one attached hydrogen (secondary N) is 2. The summed E-state index contributed by atoms with van der Waals surface area (Å²) in [5, 5.41) is 0.774. The fourth-order valence-corrected chi connectivity index (χ4v) is 4.56. The van der Waals surface area contributed by atoms with Gasteiger partial charge in [0.25, 0.3) is 0 Å². The highest BCUT2D eigenvalue weighted by atomic mass is 32.2. The number of ether oxygens (including phenoxy) is 1. The van der Waals surface area contributed by atoms with Crippen LogP contribution in [0.4, 0.5) is 4.39 Å². The first-order chi connectivity index (χ1) is 13.2. The number of fused-ring (bicyclic) bond motifs is 1. The summed E-state index contributed by atoms with van der Waals surface area (Å²) in [6.45, 7) is 6.10. The van der Waals surface area contributed by atoms with E-state index < -0.39 is 10.0 Å². The third-order valence-electron chi connectivity index (χ3n) is 4.89. The first-order valence-electron chi connectivity index (χ1n) is 9.17. The molecule has 5 nitrogen and oxygen atoms in total. The Morgan fingerprint density at radius 1 is 1.18 bits per heavy atom. The van der Waals surface area contributed by atoms with Crippen molar-refractivity contribution in [1.29, 1.82) is 0 Å². The topological polar surface area (TPSA) is 71.2 Å². The van der Waals surface area contributed by atoms with Crippen molar-refractivity contribution in [2.24, 2.45) is 0 Å². The second-order valence-electron chi connectivity index (χ2n) is 7.13. The fraction of sp³-hybridized carbons (Fsp3) is 0.333. The molecule has 0 bridgehead atoms. The zero-order valence-electron chi connectivity index (χ0n) is 16.5. The fourth-order valence-electron chi connectivity index (χ4n) is 3.33. The van der Waals surface area contributed by atoms with Crippen molar-refractivity contribution in [3.63, 3.8) is 0 Å². The zero-order valence-corrected chi connectivity index (χ0v) is 17.3. The van der Waals surface area contributed by atoms with Gasteiger partial charge in [-0.25, -0.2) is 17.5 Å². The Bertz CT molecular complexity index is 1100. The quantitative estimate of drug-likeness (QED) is 0.618. The minimum absolute atomic E-state index is 0.128. The number of hydrogen-bond acceptors (Lipinski definition) is 3. The van der Waals surface area contributed by atoms with E-state index in [1.807, 2.05) is 26.8 Å². The SMILES string of the molecule is COc1ccc(C(C)C)cc1S(=O)(=O)NCCc1c(C)[nH]c2ccc(F)cc12. The molecule has 150 valence electrons. The Hall–Kier alpha value is -2.38. The number of aromatic nitrogens is 1. The van der Waals surface area contributed by atoms with E-state index in [2.05, 4.69) is 9.71 Å². The molecule has 0 radical (unpaired) electrons. The zero-order chi connectivity index (χ0) is 20.5. The van der Waals surface area contributed by atoms with E-state index in [1.165, 1.54) is 19.2 Å². The van der Waals surface area contributed by atoms with Crippen molar-refractivity contribution in [2.75, 3.05) is 13.7 Å². The van der Waals surface area contributed by atoms with Crippen molar-refractivity contribution in [3.05, 3.63) is 59.0 Å². The molecule has 0 spiro atoms. The van der Waals surface area contributed by atoms with Gasteiger partial charge in [0.15, 0.2) is 0 Å². The first-order valence-corrected chi connectivity index (χ1v) is 10.7. The van der Waals surface area contributed by atoms with Gasteiger partial charge >= 0.3 is 0 Å². The average molecular weight is 405 g/mol. The number of aryl methyl sites for hydroxylation is 1. The van der Waals surface area contributed by atoms with Gasteiger partial charge in [0.2, 0.25) is 10.0 Å². The van der Waals surface area contributed by atoms with Gasteiger partial charge in [-0.3, -0.25) is 0 Å². The summed E-state index contributed by atoms with van der Waals surface area (Å²) in [6, 6.07) is 9.76. The number of aromatic amines is 1. The van der Waals surface area contributed by atoms with Gasteiger partial charge in [0, 0.05) is 23.1 Å². The lowest BCUT2D eigenvalue weighted by Gasteiger charge is -2.14. The molecule has 0 unspecified atom stereocenters. The van der Waals surface area contributed by atoms with Crippen LogP contribution in [0.1, 0.15) is 36.6 Å². The van der Waals surface area contributed by atoms with E-state index in [9.17, 15) is 12.8 Å². The smallest absolute Gasteiger partial charge is 0.244 e. The molecule has 0 saturated carbocycles. The highest BCUT2D eigenvalue weighted by Gasteiger charge is 2.21. The van der Waals surface area contributed by atoms with Crippen LogP contribution < -0.4 is 9.46 Å². The van der Waals surface area contributed by atoms with Gasteiger partial charge in [0.05, 0.1) is 7.11 Å². The van der Waals surface area contributed by atoms with Crippen molar-refractivity contribution in [1.82, 2.24) is 9.71 Å². The largest absolute Gasteiger partial charge is 0.495 e. The molecule has 3 rings (SSSR count). The molecule has 0 aliphatic carbocycles. The molecule has 7 heteroatoms. The van der Waals surface area contributed by atoms with Gasteiger partial charge < -0.3 is 9.72 Å². The van der Waals surface area contributed by atoms with E-state index >= 15 is 0 Å². The monoisotopic (exact) mass is 404 g/mol. The number of halogens is 1. The van der Waals surface area contributed by atoms with Crippen LogP contribution in [-0.2, 0) is 16.4 Å². The van der Waals surface area contributed by atoms with E-state index in [0.717, 1.165) is 27.7 Å². The minimum atomic E-state index is -3.75. The van der Waals surface area contributed by atoms with Crippen molar-refractivity contribution in [2.45, 2.75) is 38.0 Å². The summed E-state index contributed by atoms with van der Waals surface area (Å²) in [7, 11) is -2.29. The maximum absolute atomic E-state index is 13.6. The molecule has 2 N–H and O–H groups in total. The Balaban J connectivity index is 1.82. The number of hydrogen-bond donors (Lipinski definition) is 2. The number of H-pyrrole nitrogens is 1.